The second kappa shape index (κ2) is 4.63. The third-order valence-electron chi connectivity index (χ3n) is 0.994. The molecular formula is C7H9NS2. The highest BCUT2D eigenvalue weighted by atomic mass is 32.2. The molecule has 54 valence electrons. The molecule has 0 amide bonds. The maximum Gasteiger partial charge on any atom is 0.0403 e. The van der Waals surface area contributed by atoms with Gasteiger partial charge in [0.25, 0.3) is 0 Å². The summed E-state index contributed by atoms with van der Waals surface area (Å²) in [7, 11) is 0. The standard InChI is InChI=1S/C7H9NS2/c9-4-5-10-7-2-1-3-8-6-7/h1-3,6,9H,4-5H2. The van der Waals surface area contributed by atoms with Crippen molar-refractivity contribution in [2.75, 3.05) is 11.5 Å². The van der Waals surface area contributed by atoms with Crippen LogP contribution in [0.25, 0.3) is 0 Å². The molecule has 1 heterocycles. The summed E-state index contributed by atoms with van der Waals surface area (Å²) in [5.41, 5.74) is 0. The van der Waals surface area contributed by atoms with Crippen molar-refractivity contribution in [3.63, 3.8) is 0 Å². The molecule has 0 unspecified atom stereocenters. The Labute approximate surface area is 70.7 Å². The van der Waals surface area contributed by atoms with E-state index in [1.54, 1.807) is 18.0 Å². The minimum absolute atomic E-state index is 0.916. The molecule has 0 atom stereocenters. The SMILES string of the molecule is SCCSc1cccnc1. The van der Waals surface area contributed by atoms with Crippen molar-refractivity contribution < 1.29 is 0 Å². The summed E-state index contributed by atoms with van der Waals surface area (Å²) >= 11 is 5.89. The van der Waals surface area contributed by atoms with E-state index in [2.05, 4.69) is 23.7 Å². The van der Waals surface area contributed by atoms with Crippen LogP contribution in [0.5, 0.6) is 0 Å². The van der Waals surface area contributed by atoms with E-state index < -0.39 is 0 Å². The molecule has 0 spiro atoms. The first-order valence-electron chi connectivity index (χ1n) is 3.07. The Morgan fingerprint density at radius 3 is 3.10 bits per heavy atom. The molecule has 0 fully saturated rings. The molecule has 0 aliphatic heterocycles. The third kappa shape index (κ3) is 2.62. The largest absolute Gasteiger partial charge is 0.264 e. The van der Waals surface area contributed by atoms with E-state index in [-0.39, 0.29) is 0 Å². The average Bonchev–Trinajstić information content (AvgIpc) is 2.03. The van der Waals surface area contributed by atoms with Crippen LogP contribution in [0.4, 0.5) is 0 Å². The molecule has 0 aliphatic carbocycles. The lowest BCUT2D eigenvalue weighted by atomic mass is 10.5. The number of hydrogen-bond donors (Lipinski definition) is 1. The van der Waals surface area contributed by atoms with Crippen LogP contribution < -0.4 is 0 Å². The van der Waals surface area contributed by atoms with Gasteiger partial charge in [0.05, 0.1) is 0 Å². The topological polar surface area (TPSA) is 12.9 Å². The molecule has 0 aliphatic rings. The molecule has 0 saturated heterocycles. The first-order chi connectivity index (χ1) is 4.93. The van der Waals surface area contributed by atoms with Gasteiger partial charge in [-0.25, -0.2) is 0 Å². The van der Waals surface area contributed by atoms with Crippen molar-refractivity contribution >= 4 is 24.4 Å². The van der Waals surface area contributed by atoms with E-state index in [1.165, 1.54) is 4.90 Å². The van der Waals surface area contributed by atoms with Crippen LogP contribution in [0, 0.1) is 0 Å². The lowest BCUT2D eigenvalue weighted by molar-refractivity contribution is 1.24. The number of thioether (sulfide) groups is 1. The third-order valence-corrected chi connectivity index (χ3v) is 2.50. The second-order valence-electron chi connectivity index (χ2n) is 1.76. The fourth-order valence-electron chi connectivity index (χ4n) is 0.596. The van der Waals surface area contributed by atoms with Gasteiger partial charge in [0, 0.05) is 23.0 Å². The van der Waals surface area contributed by atoms with E-state index in [0.29, 0.717) is 0 Å². The minimum Gasteiger partial charge on any atom is -0.264 e. The van der Waals surface area contributed by atoms with Crippen LogP contribution in [-0.4, -0.2) is 16.5 Å². The fourth-order valence-corrected chi connectivity index (χ4v) is 1.51. The fraction of sp³-hybridized carbons (Fsp3) is 0.286. The van der Waals surface area contributed by atoms with Gasteiger partial charge in [0.15, 0.2) is 0 Å². The zero-order valence-corrected chi connectivity index (χ0v) is 7.24. The van der Waals surface area contributed by atoms with E-state index >= 15 is 0 Å². The predicted octanol–water partition coefficient (Wildman–Crippen LogP) is 2.10. The predicted molar refractivity (Wildman–Crippen MR) is 48.8 cm³/mol. The summed E-state index contributed by atoms with van der Waals surface area (Å²) in [5.74, 6) is 1.97. The van der Waals surface area contributed by atoms with Crippen molar-refractivity contribution in [1.82, 2.24) is 4.98 Å². The van der Waals surface area contributed by atoms with E-state index in [0.717, 1.165) is 11.5 Å². The van der Waals surface area contributed by atoms with Gasteiger partial charge < -0.3 is 0 Å². The van der Waals surface area contributed by atoms with E-state index in [9.17, 15) is 0 Å². The quantitative estimate of drug-likeness (QED) is 0.552. The Kier molecular flexibility index (Phi) is 3.68. The van der Waals surface area contributed by atoms with Crippen molar-refractivity contribution in [3.8, 4) is 0 Å². The van der Waals surface area contributed by atoms with Crippen molar-refractivity contribution in [1.29, 1.82) is 0 Å². The molecule has 0 saturated carbocycles. The zero-order chi connectivity index (χ0) is 7.23. The van der Waals surface area contributed by atoms with Crippen LogP contribution in [-0.2, 0) is 0 Å². The minimum atomic E-state index is 0.916. The Morgan fingerprint density at radius 1 is 1.60 bits per heavy atom. The highest BCUT2D eigenvalue weighted by molar-refractivity contribution is 8.00. The highest BCUT2D eigenvalue weighted by Crippen LogP contribution is 2.15. The molecule has 1 aromatic heterocycles. The molecule has 0 aromatic carbocycles. The smallest absolute Gasteiger partial charge is 0.0403 e. The lowest BCUT2D eigenvalue weighted by Crippen LogP contribution is -1.79. The summed E-state index contributed by atoms with van der Waals surface area (Å²) in [6.07, 6.45) is 3.65. The second-order valence-corrected chi connectivity index (χ2v) is 3.38. The Balaban J connectivity index is 2.43. The number of pyridine rings is 1. The zero-order valence-electron chi connectivity index (χ0n) is 5.53. The van der Waals surface area contributed by atoms with Crippen molar-refractivity contribution in [2.24, 2.45) is 0 Å². The molecule has 0 N–H and O–H groups in total. The highest BCUT2D eigenvalue weighted by Gasteiger charge is 1.88. The molecule has 0 bridgehead atoms. The molecule has 10 heavy (non-hydrogen) atoms. The Hall–Kier alpha value is -0.150. The van der Waals surface area contributed by atoms with Crippen LogP contribution in [0.1, 0.15) is 0 Å². The van der Waals surface area contributed by atoms with Crippen LogP contribution in [0.2, 0.25) is 0 Å². The summed E-state index contributed by atoms with van der Waals surface area (Å²) in [6, 6.07) is 4.00. The van der Waals surface area contributed by atoms with Gasteiger partial charge in [-0.05, 0) is 17.9 Å². The molecule has 1 nitrogen and oxygen atoms in total. The monoisotopic (exact) mass is 171 g/mol. The van der Waals surface area contributed by atoms with E-state index in [1.807, 2.05) is 12.3 Å². The molecule has 0 radical (unpaired) electrons. The first-order valence-corrected chi connectivity index (χ1v) is 4.69. The Morgan fingerprint density at radius 2 is 2.50 bits per heavy atom. The van der Waals surface area contributed by atoms with Gasteiger partial charge in [-0.2, -0.15) is 12.6 Å². The van der Waals surface area contributed by atoms with Gasteiger partial charge in [-0.3, -0.25) is 4.98 Å². The van der Waals surface area contributed by atoms with Gasteiger partial charge in [0.1, 0.15) is 0 Å². The molecular weight excluding hydrogens is 162 g/mol. The summed E-state index contributed by atoms with van der Waals surface area (Å²) in [4.78, 5) is 5.21. The van der Waals surface area contributed by atoms with Gasteiger partial charge in [0.2, 0.25) is 0 Å². The Bertz CT molecular complexity index is 176. The van der Waals surface area contributed by atoms with Gasteiger partial charge in [-0.1, -0.05) is 0 Å². The summed E-state index contributed by atoms with van der Waals surface area (Å²) < 4.78 is 0. The molecule has 1 rings (SSSR count). The molecule has 1 aromatic rings. The van der Waals surface area contributed by atoms with Crippen LogP contribution in [0.3, 0.4) is 0 Å². The number of hydrogen-bond acceptors (Lipinski definition) is 3. The number of rotatable bonds is 3. The van der Waals surface area contributed by atoms with E-state index in [4.69, 9.17) is 0 Å². The average molecular weight is 171 g/mol. The number of nitrogens with zero attached hydrogens (tertiary/aromatic N) is 1. The number of aromatic nitrogens is 1. The summed E-state index contributed by atoms with van der Waals surface area (Å²) in [6.45, 7) is 0. The van der Waals surface area contributed by atoms with Gasteiger partial charge in [-0.15, -0.1) is 11.8 Å². The summed E-state index contributed by atoms with van der Waals surface area (Å²) in [5, 5.41) is 0. The lowest BCUT2D eigenvalue weighted by Gasteiger charge is -1.95. The van der Waals surface area contributed by atoms with Crippen molar-refractivity contribution in [2.45, 2.75) is 4.90 Å². The normalized spacial score (nSPS) is 9.70. The van der Waals surface area contributed by atoms with Crippen LogP contribution in [0.15, 0.2) is 29.4 Å². The maximum absolute atomic E-state index is 4.11. The first kappa shape index (κ1) is 7.95. The van der Waals surface area contributed by atoms with Crippen LogP contribution >= 0.6 is 24.4 Å². The van der Waals surface area contributed by atoms with Gasteiger partial charge >= 0.3 is 0 Å². The molecule has 3 heteroatoms. The maximum atomic E-state index is 4.11. The number of thiol groups is 1. The van der Waals surface area contributed by atoms with Crippen molar-refractivity contribution in [3.05, 3.63) is 24.5 Å².